The maximum atomic E-state index is 12.3. The Morgan fingerprint density at radius 3 is 2.46 bits per heavy atom. The SMILES string of the molecule is CCCCS(=O)O[C@H]1[C@@H]([C@H]2COC(C)(C)O2)OC2OC(C)(C)O[C@@H]21. The van der Waals surface area contributed by atoms with Crippen molar-refractivity contribution in [1.29, 1.82) is 0 Å². The molecule has 0 aromatic rings. The molecule has 0 aromatic heterocycles. The molecule has 0 spiro atoms. The van der Waals surface area contributed by atoms with Crippen LogP contribution in [0.2, 0.25) is 0 Å². The number of fused-ring (bicyclic) bond motifs is 1. The van der Waals surface area contributed by atoms with Gasteiger partial charge in [-0.05, 0) is 34.1 Å². The van der Waals surface area contributed by atoms with Crippen molar-refractivity contribution in [2.45, 2.75) is 89.7 Å². The van der Waals surface area contributed by atoms with Gasteiger partial charge in [0.2, 0.25) is 0 Å². The highest BCUT2D eigenvalue weighted by Gasteiger charge is 2.59. The first-order chi connectivity index (χ1) is 11.2. The third-order valence-electron chi connectivity index (χ3n) is 4.31. The van der Waals surface area contributed by atoms with Gasteiger partial charge in [-0.15, -0.1) is 0 Å². The molecular weight excluding hydrogens is 336 g/mol. The summed E-state index contributed by atoms with van der Waals surface area (Å²) in [7, 11) is 0. The van der Waals surface area contributed by atoms with Crippen molar-refractivity contribution < 1.29 is 32.1 Å². The van der Waals surface area contributed by atoms with Crippen molar-refractivity contribution in [2.75, 3.05) is 12.4 Å². The Labute approximate surface area is 145 Å². The van der Waals surface area contributed by atoms with Crippen LogP contribution >= 0.6 is 0 Å². The summed E-state index contributed by atoms with van der Waals surface area (Å²) in [5.41, 5.74) is 0. The van der Waals surface area contributed by atoms with Crippen LogP contribution in [-0.4, -0.2) is 58.8 Å². The third-order valence-corrected chi connectivity index (χ3v) is 5.37. The van der Waals surface area contributed by atoms with Crippen LogP contribution in [-0.2, 0) is 38.9 Å². The smallest absolute Gasteiger partial charge is 0.190 e. The Kier molecular flexibility index (Phi) is 5.38. The minimum absolute atomic E-state index is 0.311. The molecule has 0 aliphatic carbocycles. The third kappa shape index (κ3) is 4.00. The summed E-state index contributed by atoms with van der Waals surface area (Å²) >= 11 is -1.40. The summed E-state index contributed by atoms with van der Waals surface area (Å²) in [4.78, 5) is 0. The zero-order valence-corrected chi connectivity index (χ0v) is 15.8. The minimum atomic E-state index is -1.40. The zero-order chi connectivity index (χ0) is 17.5. The first kappa shape index (κ1) is 18.7. The molecule has 3 rings (SSSR count). The molecule has 3 aliphatic rings. The molecule has 24 heavy (non-hydrogen) atoms. The lowest BCUT2D eigenvalue weighted by Crippen LogP contribution is -2.44. The van der Waals surface area contributed by atoms with Gasteiger partial charge >= 0.3 is 0 Å². The van der Waals surface area contributed by atoms with Crippen LogP contribution in [0, 0.1) is 0 Å². The van der Waals surface area contributed by atoms with Crippen LogP contribution in [0.4, 0.5) is 0 Å². The van der Waals surface area contributed by atoms with Crippen LogP contribution in [0.15, 0.2) is 0 Å². The van der Waals surface area contributed by atoms with Crippen LogP contribution in [0.5, 0.6) is 0 Å². The number of hydrogen-bond donors (Lipinski definition) is 0. The van der Waals surface area contributed by atoms with Crippen molar-refractivity contribution in [3.63, 3.8) is 0 Å². The fourth-order valence-electron chi connectivity index (χ4n) is 3.22. The second-order valence-electron chi connectivity index (χ2n) is 7.36. The standard InChI is InChI=1S/C16H28O7S/c1-6-7-8-24(17)23-12-11(10-9-18-15(2,3)20-10)19-14-13(12)21-16(4,5)22-14/h10-14H,6-9H2,1-5H3/t10-,11-,12+,13-,14?,24?/m1/s1. The van der Waals surface area contributed by atoms with Gasteiger partial charge in [0.25, 0.3) is 0 Å². The van der Waals surface area contributed by atoms with E-state index < -0.39 is 47.3 Å². The first-order valence-electron chi connectivity index (χ1n) is 8.59. The molecule has 7 nitrogen and oxygen atoms in total. The maximum Gasteiger partial charge on any atom is 0.190 e. The normalized spacial score (nSPS) is 41.5. The van der Waals surface area contributed by atoms with Crippen molar-refractivity contribution in [2.24, 2.45) is 0 Å². The Bertz CT molecular complexity index is 481. The molecule has 3 saturated heterocycles. The molecule has 140 valence electrons. The minimum Gasteiger partial charge on any atom is -0.348 e. The van der Waals surface area contributed by atoms with Gasteiger partial charge in [0, 0.05) is 5.75 Å². The highest BCUT2D eigenvalue weighted by Crippen LogP contribution is 2.42. The van der Waals surface area contributed by atoms with Gasteiger partial charge < -0.3 is 23.7 Å². The second-order valence-corrected chi connectivity index (χ2v) is 8.57. The molecule has 0 amide bonds. The van der Waals surface area contributed by atoms with E-state index in [1.165, 1.54) is 0 Å². The van der Waals surface area contributed by atoms with Crippen LogP contribution < -0.4 is 0 Å². The average Bonchev–Trinajstić information content (AvgIpc) is 3.08. The second kappa shape index (κ2) is 6.90. The van der Waals surface area contributed by atoms with Gasteiger partial charge in [-0.1, -0.05) is 13.3 Å². The number of hydrogen-bond acceptors (Lipinski definition) is 7. The molecule has 8 heteroatoms. The van der Waals surface area contributed by atoms with Crippen molar-refractivity contribution in [3.8, 4) is 0 Å². The predicted molar refractivity (Wildman–Crippen MR) is 86.4 cm³/mol. The fraction of sp³-hybridized carbons (Fsp3) is 1.00. The molecule has 3 heterocycles. The highest BCUT2D eigenvalue weighted by molar-refractivity contribution is 7.80. The molecular formula is C16H28O7S. The average molecular weight is 364 g/mol. The van der Waals surface area contributed by atoms with E-state index in [0.29, 0.717) is 12.4 Å². The largest absolute Gasteiger partial charge is 0.348 e. The number of rotatable bonds is 6. The van der Waals surface area contributed by atoms with E-state index in [4.69, 9.17) is 27.9 Å². The lowest BCUT2D eigenvalue weighted by molar-refractivity contribution is -0.230. The first-order valence-corrected chi connectivity index (χ1v) is 9.83. The van der Waals surface area contributed by atoms with E-state index in [1.807, 2.05) is 27.7 Å². The van der Waals surface area contributed by atoms with Crippen molar-refractivity contribution in [3.05, 3.63) is 0 Å². The lowest BCUT2D eigenvalue weighted by Gasteiger charge is -2.28. The lowest BCUT2D eigenvalue weighted by atomic mass is 10.1. The molecule has 0 radical (unpaired) electrons. The van der Waals surface area contributed by atoms with Gasteiger partial charge in [-0.3, -0.25) is 4.18 Å². The summed E-state index contributed by atoms with van der Waals surface area (Å²) in [6.07, 6.45) is -0.438. The number of unbranched alkanes of at least 4 members (excludes halogenated alkanes) is 1. The van der Waals surface area contributed by atoms with Crippen molar-refractivity contribution >= 4 is 11.1 Å². The topological polar surface area (TPSA) is 72.5 Å². The van der Waals surface area contributed by atoms with E-state index in [2.05, 4.69) is 6.92 Å². The molecule has 0 saturated carbocycles. The molecule has 0 N–H and O–H groups in total. The van der Waals surface area contributed by atoms with Crippen molar-refractivity contribution in [1.82, 2.24) is 0 Å². The summed E-state index contributed by atoms with van der Waals surface area (Å²) < 4.78 is 47.3. The van der Waals surface area contributed by atoms with Gasteiger partial charge in [0.05, 0.1) is 6.61 Å². The fourth-order valence-corrected chi connectivity index (χ4v) is 4.31. The zero-order valence-electron chi connectivity index (χ0n) is 15.0. The summed E-state index contributed by atoms with van der Waals surface area (Å²) in [6.45, 7) is 9.81. The monoisotopic (exact) mass is 364 g/mol. The Balaban J connectivity index is 1.72. The summed E-state index contributed by atoms with van der Waals surface area (Å²) in [5, 5.41) is 0. The van der Waals surface area contributed by atoms with E-state index in [-0.39, 0.29) is 6.10 Å². The van der Waals surface area contributed by atoms with Gasteiger partial charge in [-0.25, -0.2) is 4.21 Å². The maximum absolute atomic E-state index is 12.3. The quantitative estimate of drug-likeness (QED) is 0.712. The Hall–Kier alpha value is -0.0900. The van der Waals surface area contributed by atoms with Crippen LogP contribution in [0.25, 0.3) is 0 Å². The molecule has 0 aromatic carbocycles. The molecule has 3 aliphatic heterocycles. The Morgan fingerprint density at radius 2 is 1.83 bits per heavy atom. The summed E-state index contributed by atoms with van der Waals surface area (Å²) in [5.74, 6) is -0.924. The van der Waals surface area contributed by atoms with Gasteiger partial charge in [0.1, 0.15) is 24.4 Å². The van der Waals surface area contributed by atoms with Crippen LogP contribution in [0.1, 0.15) is 47.5 Å². The van der Waals surface area contributed by atoms with E-state index in [9.17, 15) is 4.21 Å². The molecule has 0 bridgehead atoms. The molecule has 3 fully saturated rings. The van der Waals surface area contributed by atoms with E-state index in [0.717, 1.165) is 12.8 Å². The Morgan fingerprint density at radius 1 is 1.08 bits per heavy atom. The van der Waals surface area contributed by atoms with Crippen LogP contribution in [0.3, 0.4) is 0 Å². The predicted octanol–water partition coefficient (Wildman–Crippen LogP) is 1.86. The molecule has 2 unspecified atom stereocenters. The van der Waals surface area contributed by atoms with Gasteiger partial charge in [0.15, 0.2) is 28.9 Å². The van der Waals surface area contributed by atoms with E-state index >= 15 is 0 Å². The number of ether oxygens (including phenoxy) is 5. The molecule has 6 atom stereocenters. The van der Waals surface area contributed by atoms with E-state index in [1.54, 1.807) is 0 Å². The van der Waals surface area contributed by atoms with Gasteiger partial charge in [-0.2, -0.15) is 0 Å². The highest BCUT2D eigenvalue weighted by atomic mass is 32.2. The summed E-state index contributed by atoms with van der Waals surface area (Å²) in [6, 6.07) is 0.